The van der Waals surface area contributed by atoms with Gasteiger partial charge in [0, 0.05) is 0 Å². The van der Waals surface area contributed by atoms with Gasteiger partial charge in [-0.2, -0.15) is 0 Å². The number of hydrogen-bond acceptors (Lipinski definition) is 3. The molecule has 1 heterocycles. The van der Waals surface area contributed by atoms with Crippen molar-refractivity contribution >= 4 is 17.6 Å². The van der Waals surface area contributed by atoms with E-state index in [4.69, 9.17) is 16.3 Å². The van der Waals surface area contributed by atoms with Crippen LogP contribution in [0.4, 0.5) is 0 Å². The van der Waals surface area contributed by atoms with Crippen molar-refractivity contribution in [1.29, 1.82) is 0 Å². The quantitative estimate of drug-likeness (QED) is 0.474. The van der Waals surface area contributed by atoms with E-state index in [9.17, 15) is 4.79 Å². The Morgan fingerprint density at radius 2 is 1.79 bits per heavy atom. The van der Waals surface area contributed by atoms with E-state index in [-0.39, 0.29) is 5.41 Å². The highest BCUT2D eigenvalue weighted by atomic mass is 35.5. The summed E-state index contributed by atoms with van der Waals surface area (Å²) in [6.45, 7) is 8.25. The third-order valence-electron chi connectivity index (χ3n) is 3.67. The van der Waals surface area contributed by atoms with Crippen LogP contribution in [0.25, 0.3) is 0 Å². The molecule has 1 aliphatic rings. The zero-order valence-electron chi connectivity index (χ0n) is 11.9. The van der Waals surface area contributed by atoms with E-state index in [0.29, 0.717) is 0 Å². The van der Waals surface area contributed by atoms with Crippen LogP contribution in [0.3, 0.4) is 0 Å². The molecule has 0 bridgehead atoms. The minimum absolute atomic E-state index is 0.0875. The maximum absolute atomic E-state index is 11.6. The predicted octanol–water partition coefficient (Wildman–Crippen LogP) is 3.34. The molecule has 1 saturated heterocycles. The summed E-state index contributed by atoms with van der Waals surface area (Å²) in [5, 5.41) is -1.40. The summed E-state index contributed by atoms with van der Waals surface area (Å²) in [7, 11) is 1.30. The van der Waals surface area contributed by atoms with E-state index in [1.165, 1.54) is 12.7 Å². The first-order valence-corrected chi connectivity index (χ1v) is 6.61. The van der Waals surface area contributed by atoms with Crippen LogP contribution < -0.4 is 0 Å². The molecular formula is C15H19ClO3. The van der Waals surface area contributed by atoms with E-state index in [0.717, 1.165) is 5.56 Å². The highest BCUT2D eigenvalue weighted by Gasteiger charge is 2.73. The average molecular weight is 283 g/mol. The molecule has 2 atom stereocenters. The smallest absolute Gasteiger partial charge is 0.357 e. The van der Waals surface area contributed by atoms with Crippen LogP contribution >= 0.6 is 11.6 Å². The fourth-order valence-electron chi connectivity index (χ4n) is 2.16. The van der Waals surface area contributed by atoms with Gasteiger partial charge < -0.3 is 9.47 Å². The molecule has 1 aromatic carbocycles. The molecule has 4 heteroatoms. The van der Waals surface area contributed by atoms with Gasteiger partial charge in [0.05, 0.1) is 7.11 Å². The van der Waals surface area contributed by atoms with Crippen molar-refractivity contribution in [3.05, 3.63) is 35.4 Å². The largest absolute Gasteiger partial charge is 0.466 e. The van der Waals surface area contributed by atoms with E-state index >= 15 is 0 Å². The Labute approximate surface area is 118 Å². The number of epoxide rings is 1. The van der Waals surface area contributed by atoms with Gasteiger partial charge in [0.1, 0.15) is 5.60 Å². The Bertz CT molecular complexity index is 503. The first-order valence-electron chi connectivity index (χ1n) is 6.24. The lowest BCUT2D eigenvalue weighted by Crippen LogP contribution is -2.27. The molecule has 2 rings (SSSR count). The van der Waals surface area contributed by atoms with Gasteiger partial charge in [0.25, 0.3) is 5.06 Å². The summed E-state index contributed by atoms with van der Waals surface area (Å²) in [5.74, 6) is -0.559. The molecule has 0 aromatic heterocycles. The Morgan fingerprint density at radius 1 is 1.26 bits per heavy atom. The summed E-state index contributed by atoms with van der Waals surface area (Å²) in [6.07, 6.45) is 0. The fraction of sp³-hybridized carbons (Fsp3) is 0.533. The van der Waals surface area contributed by atoms with Crippen molar-refractivity contribution in [2.75, 3.05) is 7.11 Å². The fourth-order valence-corrected chi connectivity index (χ4v) is 2.50. The van der Waals surface area contributed by atoms with Crippen LogP contribution in [-0.2, 0) is 25.3 Å². The topological polar surface area (TPSA) is 38.8 Å². The molecule has 1 aliphatic heterocycles. The van der Waals surface area contributed by atoms with Crippen molar-refractivity contribution < 1.29 is 14.3 Å². The van der Waals surface area contributed by atoms with Crippen LogP contribution in [0.5, 0.6) is 0 Å². The number of methoxy groups -OCH3 is 1. The second-order valence-corrected chi connectivity index (χ2v) is 6.58. The van der Waals surface area contributed by atoms with Gasteiger partial charge in [0.15, 0.2) is 0 Å². The first kappa shape index (κ1) is 14.4. The second-order valence-electron chi connectivity index (χ2n) is 6.05. The van der Waals surface area contributed by atoms with Crippen LogP contribution in [0.2, 0.25) is 0 Å². The molecule has 0 N–H and O–H groups in total. The van der Waals surface area contributed by atoms with E-state index < -0.39 is 16.6 Å². The van der Waals surface area contributed by atoms with Crippen molar-refractivity contribution in [3.63, 3.8) is 0 Å². The number of ether oxygens (including phenoxy) is 2. The molecule has 104 valence electrons. The van der Waals surface area contributed by atoms with Gasteiger partial charge in [-0.3, -0.25) is 0 Å². The van der Waals surface area contributed by atoms with Crippen molar-refractivity contribution in [2.45, 2.75) is 43.8 Å². The SMILES string of the molecule is COC(=O)C1(Cl)OC1(C)c1ccc(C(C)(C)C)cc1. The maximum Gasteiger partial charge on any atom is 0.357 e. The van der Waals surface area contributed by atoms with Crippen LogP contribution in [0, 0.1) is 0 Å². The van der Waals surface area contributed by atoms with Gasteiger partial charge in [-0.15, -0.1) is 0 Å². The number of carbonyl (C=O) groups excluding carboxylic acids is 1. The molecule has 0 amide bonds. The van der Waals surface area contributed by atoms with E-state index in [1.807, 2.05) is 24.3 Å². The van der Waals surface area contributed by atoms with Gasteiger partial charge in [-0.1, -0.05) is 56.6 Å². The van der Waals surface area contributed by atoms with Gasteiger partial charge in [0.2, 0.25) is 0 Å². The Hall–Kier alpha value is -1.06. The van der Waals surface area contributed by atoms with Crippen molar-refractivity contribution in [2.24, 2.45) is 0 Å². The molecule has 0 aliphatic carbocycles. The summed E-state index contributed by atoms with van der Waals surface area (Å²) in [5.41, 5.74) is 1.36. The summed E-state index contributed by atoms with van der Waals surface area (Å²) in [4.78, 5) is 11.6. The van der Waals surface area contributed by atoms with E-state index in [2.05, 4.69) is 25.5 Å². The minimum atomic E-state index is -1.40. The number of benzene rings is 1. The third-order valence-corrected chi connectivity index (χ3v) is 4.26. The normalized spacial score (nSPS) is 30.0. The summed E-state index contributed by atoms with van der Waals surface area (Å²) < 4.78 is 10.1. The van der Waals surface area contributed by atoms with Crippen LogP contribution in [0.15, 0.2) is 24.3 Å². The Balaban J connectivity index is 2.28. The highest BCUT2D eigenvalue weighted by Crippen LogP contribution is 2.59. The Morgan fingerprint density at radius 3 is 2.21 bits per heavy atom. The maximum atomic E-state index is 11.6. The number of esters is 1. The zero-order valence-corrected chi connectivity index (χ0v) is 12.7. The van der Waals surface area contributed by atoms with Crippen molar-refractivity contribution in [1.82, 2.24) is 0 Å². The number of rotatable bonds is 2. The summed E-state index contributed by atoms with van der Waals surface area (Å²) in [6, 6.07) is 7.98. The summed E-state index contributed by atoms with van der Waals surface area (Å²) >= 11 is 6.17. The molecule has 0 radical (unpaired) electrons. The minimum Gasteiger partial charge on any atom is -0.466 e. The molecule has 0 saturated carbocycles. The van der Waals surface area contributed by atoms with Crippen molar-refractivity contribution in [3.8, 4) is 0 Å². The lowest BCUT2D eigenvalue weighted by atomic mass is 9.85. The average Bonchev–Trinajstić information content (AvgIpc) is 2.93. The second kappa shape index (κ2) is 4.22. The van der Waals surface area contributed by atoms with Crippen LogP contribution in [0.1, 0.15) is 38.8 Å². The third kappa shape index (κ3) is 2.15. The monoisotopic (exact) mass is 282 g/mol. The molecular weight excluding hydrogens is 264 g/mol. The lowest BCUT2D eigenvalue weighted by Gasteiger charge is -2.20. The zero-order chi connectivity index (χ0) is 14.5. The van der Waals surface area contributed by atoms with Gasteiger partial charge in [-0.25, -0.2) is 4.79 Å². The number of alkyl halides is 1. The van der Waals surface area contributed by atoms with Gasteiger partial charge in [-0.05, 0) is 23.5 Å². The first-order chi connectivity index (χ1) is 8.65. The molecule has 19 heavy (non-hydrogen) atoms. The lowest BCUT2D eigenvalue weighted by molar-refractivity contribution is -0.143. The number of halogens is 1. The molecule has 1 aromatic rings. The predicted molar refractivity (Wildman–Crippen MR) is 74.2 cm³/mol. The number of carbonyl (C=O) groups is 1. The molecule has 0 spiro atoms. The number of hydrogen-bond donors (Lipinski definition) is 0. The van der Waals surface area contributed by atoms with E-state index in [1.54, 1.807) is 6.92 Å². The molecule has 3 nitrogen and oxygen atoms in total. The molecule has 1 fully saturated rings. The Kier molecular flexibility index (Phi) is 3.19. The highest BCUT2D eigenvalue weighted by molar-refractivity contribution is 6.35. The molecule has 2 unspecified atom stereocenters. The van der Waals surface area contributed by atoms with Crippen LogP contribution in [-0.4, -0.2) is 18.1 Å². The van der Waals surface area contributed by atoms with Gasteiger partial charge >= 0.3 is 5.97 Å². The standard InChI is InChI=1S/C15H19ClO3/c1-13(2,3)10-6-8-11(9-7-10)14(4)15(16,19-14)12(17)18-5/h6-9H,1-5H3.